The van der Waals surface area contributed by atoms with Crippen molar-refractivity contribution in [3.05, 3.63) is 34.9 Å². The second-order valence-corrected chi connectivity index (χ2v) is 8.36. The number of rotatable bonds is 5. The topological polar surface area (TPSA) is 98.8 Å². The zero-order valence-electron chi connectivity index (χ0n) is 17.1. The molecule has 3 aliphatic heterocycles. The summed E-state index contributed by atoms with van der Waals surface area (Å²) in [5.41, 5.74) is 2.29. The molecule has 0 bridgehead atoms. The molecular weight excluding hydrogens is 384 g/mol. The van der Waals surface area contributed by atoms with Crippen molar-refractivity contribution in [1.82, 2.24) is 20.4 Å². The van der Waals surface area contributed by atoms with E-state index >= 15 is 0 Å². The van der Waals surface area contributed by atoms with E-state index in [1.807, 2.05) is 12.1 Å². The molecule has 3 heterocycles. The smallest absolute Gasteiger partial charge is 0.255 e. The molecule has 0 spiro atoms. The molecule has 1 aromatic rings. The van der Waals surface area contributed by atoms with Gasteiger partial charge in [-0.15, -0.1) is 0 Å². The summed E-state index contributed by atoms with van der Waals surface area (Å²) < 4.78 is 0. The molecule has 0 aliphatic carbocycles. The number of nitrogens with one attached hydrogen (secondary N) is 2. The maximum Gasteiger partial charge on any atom is 0.255 e. The molecule has 8 heteroatoms. The molecular formula is C22H28N4O4. The van der Waals surface area contributed by atoms with Crippen LogP contribution in [0.15, 0.2) is 18.2 Å². The van der Waals surface area contributed by atoms with E-state index < -0.39 is 11.9 Å². The fourth-order valence-electron chi connectivity index (χ4n) is 4.47. The fraction of sp³-hybridized carbons (Fsp3) is 0.545. The van der Waals surface area contributed by atoms with Crippen LogP contribution in [0.2, 0.25) is 0 Å². The van der Waals surface area contributed by atoms with E-state index in [-0.39, 0.29) is 24.1 Å². The second kappa shape index (κ2) is 8.95. The largest absolute Gasteiger partial charge is 0.351 e. The maximum atomic E-state index is 12.9. The van der Waals surface area contributed by atoms with Crippen LogP contribution in [0, 0.1) is 0 Å². The van der Waals surface area contributed by atoms with Gasteiger partial charge in [0.25, 0.3) is 5.91 Å². The Labute approximate surface area is 176 Å². The van der Waals surface area contributed by atoms with E-state index in [1.54, 1.807) is 6.07 Å². The van der Waals surface area contributed by atoms with Gasteiger partial charge in [0.1, 0.15) is 6.04 Å². The quantitative estimate of drug-likeness (QED) is 0.702. The molecule has 160 valence electrons. The minimum Gasteiger partial charge on any atom is -0.351 e. The Balaban J connectivity index is 1.34. The highest BCUT2D eigenvalue weighted by atomic mass is 16.2. The first-order valence-corrected chi connectivity index (χ1v) is 10.8. The van der Waals surface area contributed by atoms with Crippen LogP contribution in [0.1, 0.15) is 60.0 Å². The van der Waals surface area contributed by atoms with Crippen molar-refractivity contribution in [3.8, 4) is 0 Å². The number of nitrogens with zero attached hydrogens (tertiary/aromatic N) is 2. The number of amides is 4. The van der Waals surface area contributed by atoms with Gasteiger partial charge in [0.2, 0.25) is 17.7 Å². The van der Waals surface area contributed by atoms with E-state index in [9.17, 15) is 19.2 Å². The summed E-state index contributed by atoms with van der Waals surface area (Å²) in [4.78, 5) is 52.4. The standard InChI is InChI=1S/C22H28N4O4/c27-19-8-7-18(21(29)24-19)26-13-16-6-5-15(11-17(16)22(26)30)12-23-20(28)14-25-9-3-1-2-4-10-25/h5-6,11,18H,1-4,7-10,12-14H2,(H,23,28)(H,24,27,29). The van der Waals surface area contributed by atoms with Gasteiger partial charge in [-0.1, -0.05) is 25.0 Å². The molecule has 0 radical (unpaired) electrons. The lowest BCUT2D eigenvalue weighted by atomic mass is 10.0. The first-order chi connectivity index (χ1) is 14.5. The normalized spacial score (nSPS) is 22.5. The van der Waals surface area contributed by atoms with E-state index in [1.165, 1.54) is 17.7 Å². The number of likely N-dealkylation sites (tertiary alicyclic amines) is 1. The summed E-state index contributed by atoms with van der Waals surface area (Å²) >= 11 is 0. The van der Waals surface area contributed by atoms with Crippen molar-refractivity contribution in [2.45, 2.75) is 57.7 Å². The van der Waals surface area contributed by atoms with Crippen LogP contribution in [-0.2, 0) is 27.5 Å². The molecule has 0 saturated carbocycles. The molecule has 2 fully saturated rings. The Bertz CT molecular complexity index is 861. The third-order valence-electron chi connectivity index (χ3n) is 6.15. The molecule has 2 N–H and O–H groups in total. The molecule has 2 saturated heterocycles. The van der Waals surface area contributed by atoms with Crippen molar-refractivity contribution < 1.29 is 19.2 Å². The first-order valence-electron chi connectivity index (χ1n) is 10.8. The zero-order chi connectivity index (χ0) is 21.1. The van der Waals surface area contributed by atoms with Crippen LogP contribution >= 0.6 is 0 Å². The monoisotopic (exact) mass is 412 g/mol. The Morgan fingerprint density at radius 1 is 1.10 bits per heavy atom. The number of carbonyl (C=O) groups is 4. The van der Waals surface area contributed by atoms with E-state index in [0.29, 0.717) is 31.6 Å². The molecule has 30 heavy (non-hydrogen) atoms. The lowest BCUT2D eigenvalue weighted by molar-refractivity contribution is -0.137. The minimum absolute atomic E-state index is 0.00565. The Hall–Kier alpha value is -2.74. The Morgan fingerprint density at radius 2 is 1.87 bits per heavy atom. The molecule has 1 atom stereocenters. The number of hydrogen-bond donors (Lipinski definition) is 2. The van der Waals surface area contributed by atoms with Crippen LogP contribution in [-0.4, -0.2) is 59.1 Å². The average molecular weight is 412 g/mol. The number of hydrogen-bond acceptors (Lipinski definition) is 5. The van der Waals surface area contributed by atoms with Gasteiger partial charge < -0.3 is 10.2 Å². The summed E-state index contributed by atoms with van der Waals surface area (Å²) in [6, 6.07) is 4.98. The van der Waals surface area contributed by atoms with Gasteiger partial charge in [-0.2, -0.15) is 0 Å². The van der Waals surface area contributed by atoms with Crippen molar-refractivity contribution >= 4 is 23.6 Å². The summed E-state index contributed by atoms with van der Waals surface area (Å²) in [5.74, 6) is -0.904. The average Bonchev–Trinajstić information content (AvgIpc) is 2.88. The zero-order valence-corrected chi connectivity index (χ0v) is 17.1. The lowest BCUT2D eigenvalue weighted by Gasteiger charge is -2.29. The highest BCUT2D eigenvalue weighted by molar-refractivity contribution is 6.05. The number of imide groups is 1. The van der Waals surface area contributed by atoms with Crippen molar-refractivity contribution in [3.63, 3.8) is 0 Å². The van der Waals surface area contributed by atoms with Gasteiger partial charge in [0.15, 0.2) is 0 Å². The second-order valence-electron chi connectivity index (χ2n) is 8.36. The number of piperidine rings is 1. The molecule has 0 aromatic heterocycles. The SMILES string of the molecule is O=C(CN1CCCCCC1)NCc1ccc2c(c1)C(=O)N(C1CCC(=O)NC1=O)C2. The molecule has 1 unspecified atom stereocenters. The highest BCUT2D eigenvalue weighted by Gasteiger charge is 2.39. The number of benzene rings is 1. The van der Waals surface area contributed by atoms with E-state index in [4.69, 9.17) is 0 Å². The van der Waals surface area contributed by atoms with Gasteiger partial charge in [0, 0.05) is 25.1 Å². The van der Waals surface area contributed by atoms with Crippen molar-refractivity contribution in [2.75, 3.05) is 19.6 Å². The predicted molar refractivity (Wildman–Crippen MR) is 109 cm³/mol. The van der Waals surface area contributed by atoms with Crippen LogP contribution in [0.3, 0.4) is 0 Å². The van der Waals surface area contributed by atoms with Gasteiger partial charge >= 0.3 is 0 Å². The highest BCUT2D eigenvalue weighted by Crippen LogP contribution is 2.28. The van der Waals surface area contributed by atoms with Gasteiger partial charge in [-0.3, -0.25) is 29.4 Å². The fourth-order valence-corrected chi connectivity index (χ4v) is 4.47. The first kappa shape index (κ1) is 20.5. The van der Waals surface area contributed by atoms with E-state index in [0.717, 1.165) is 37.1 Å². The van der Waals surface area contributed by atoms with Gasteiger partial charge in [-0.05, 0) is 49.5 Å². The molecule has 4 amide bonds. The van der Waals surface area contributed by atoms with Crippen molar-refractivity contribution in [2.24, 2.45) is 0 Å². The molecule has 4 rings (SSSR count). The number of fused-ring (bicyclic) bond motifs is 1. The van der Waals surface area contributed by atoms with E-state index in [2.05, 4.69) is 15.5 Å². The minimum atomic E-state index is -0.612. The lowest BCUT2D eigenvalue weighted by Crippen LogP contribution is -2.52. The third-order valence-corrected chi connectivity index (χ3v) is 6.15. The van der Waals surface area contributed by atoms with Crippen LogP contribution in [0.4, 0.5) is 0 Å². The summed E-state index contributed by atoms with van der Waals surface area (Å²) in [6.07, 6.45) is 5.34. The van der Waals surface area contributed by atoms with Gasteiger partial charge in [0.05, 0.1) is 6.54 Å². The van der Waals surface area contributed by atoms with Crippen LogP contribution in [0.25, 0.3) is 0 Å². The third kappa shape index (κ3) is 4.53. The predicted octanol–water partition coefficient (Wildman–Crippen LogP) is 0.940. The maximum absolute atomic E-state index is 12.9. The van der Waals surface area contributed by atoms with Gasteiger partial charge in [-0.25, -0.2) is 0 Å². The number of carbonyl (C=O) groups excluding carboxylic acids is 4. The summed E-state index contributed by atoms with van der Waals surface area (Å²) in [5, 5.41) is 5.26. The summed E-state index contributed by atoms with van der Waals surface area (Å²) in [7, 11) is 0. The summed E-state index contributed by atoms with van der Waals surface area (Å²) in [6.45, 7) is 3.08. The Morgan fingerprint density at radius 3 is 2.60 bits per heavy atom. The van der Waals surface area contributed by atoms with Crippen LogP contribution < -0.4 is 10.6 Å². The molecule has 1 aromatic carbocycles. The Kier molecular flexibility index (Phi) is 6.13. The molecule has 8 nitrogen and oxygen atoms in total. The molecule has 3 aliphatic rings. The van der Waals surface area contributed by atoms with Crippen LogP contribution in [0.5, 0.6) is 0 Å². The van der Waals surface area contributed by atoms with Crippen molar-refractivity contribution in [1.29, 1.82) is 0 Å².